The summed E-state index contributed by atoms with van der Waals surface area (Å²) >= 11 is 0. The lowest BCUT2D eigenvalue weighted by Gasteiger charge is -2.18. The molecule has 0 radical (unpaired) electrons. The fourth-order valence-electron chi connectivity index (χ4n) is 2.66. The predicted octanol–water partition coefficient (Wildman–Crippen LogP) is 2.70. The summed E-state index contributed by atoms with van der Waals surface area (Å²) in [5, 5.41) is 18.6. The zero-order valence-electron chi connectivity index (χ0n) is 17.4. The third-order valence-corrected chi connectivity index (χ3v) is 4.24. The van der Waals surface area contributed by atoms with Crippen molar-refractivity contribution >= 4 is 18.0 Å². The van der Waals surface area contributed by atoms with Crippen LogP contribution in [0.25, 0.3) is 0 Å². The van der Waals surface area contributed by atoms with Crippen molar-refractivity contribution in [1.29, 1.82) is 0 Å². The van der Waals surface area contributed by atoms with E-state index >= 15 is 0 Å². The number of amides is 2. The standard InChI is InChI=1S/C22H32N4O3/c1-5-8-21(26(3)4)23-14-7-9-22(29)25-18-12-10-17(11-13-18)15-19(24-16-27)20(28)6-2/h5-6,8,10-13,16,19,23,28H,1,7,9,14-15H2,2-4H3,(H,24,27)(H,25,29)/b20-6-,21-8-. The summed E-state index contributed by atoms with van der Waals surface area (Å²) in [5.41, 5.74) is 1.65. The molecule has 7 heteroatoms. The number of hydrogen-bond donors (Lipinski definition) is 4. The molecule has 1 aromatic carbocycles. The fourth-order valence-corrected chi connectivity index (χ4v) is 2.66. The Bertz CT molecular complexity index is 724. The molecule has 29 heavy (non-hydrogen) atoms. The van der Waals surface area contributed by atoms with Crippen LogP contribution in [0.3, 0.4) is 0 Å². The van der Waals surface area contributed by atoms with Crippen molar-refractivity contribution in [3.8, 4) is 0 Å². The van der Waals surface area contributed by atoms with Gasteiger partial charge in [-0.3, -0.25) is 9.59 Å². The van der Waals surface area contributed by atoms with Crippen LogP contribution in [0.5, 0.6) is 0 Å². The number of nitrogens with zero attached hydrogens (tertiary/aromatic N) is 1. The molecule has 0 aromatic heterocycles. The second-order valence-corrected chi connectivity index (χ2v) is 6.71. The van der Waals surface area contributed by atoms with E-state index in [1.54, 1.807) is 19.1 Å². The number of carbonyl (C=O) groups excluding carboxylic acids is 2. The van der Waals surface area contributed by atoms with Crippen LogP contribution >= 0.6 is 0 Å². The van der Waals surface area contributed by atoms with Gasteiger partial charge in [-0.05, 0) is 49.6 Å². The smallest absolute Gasteiger partial charge is 0.224 e. The highest BCUT2D eigenvalue weighted by molar-refractivity contribution is 5.90. The Kier molecular flexibility index (Phi) is 10.7. The quantitative estimate of drug-likeness (QED) is 0.177. The van der Waals surface area contributed by atoms with E-state index in [2.05, 4.69) is 22.5 Å². The summed E-state index contributed by atoms with van der Waals surface area (Å²) < 4.78 is 0. The van der Waals surface area contributed by atoms with Gasteiger partial charge in [0.05, 0.1) is 6.04 Å². The number of aliphatic hydroxyl groups is 1. The summed E-state index contributed by atoms with van der Waals surface area (Å²) in [5.74, 6) is 1.01. The predicted molar refractivity (Wildman–Crippen MR) is 117 cm³/mol. The van der Waals surface area contributed by atoms with Crippen LogP contribution in [0.1, 0.15) is 25.3 Å². The van der Waals surface area contributed by atoms with Crippen molar-refractivity contribution in [1.82, 2.24) is 15.5 Å². The molecule has 0 spiro atoms. The maximum absolute atomic E-state index is 12.1. The van der Waals surface area contributed by atoms with Crippen molar-refractivity contribution in [3.05, 3.63) is 66.2 Å². The topological polar surface area (TPSA) is 93.7 Å². The summed E-state index contributed by atoms with van der Waals surface area (Å²) in [6.45, 7) is 6.08. The Morgan fingerprint density at radius 1 is 1.28 bits per heavy atom. The van der Waals surface area contributed by atoms with Gasteiger partial charge in [-0.25, -0.2) is 0 Å². The van der Waals surface area contributed by atoms with E-state index in [-0.39, 0.29) is 11.7 Å². The highest BCUT2D eigenvalue weighted by Crippen LogP contribution is 2.14. The monoisotopic (exact) mass is 400 g/mol. The summed E-state index contributed by atoms with van der Waals surface area (Å²) in [7, 11) is 3.88. The number of rotatable bonds is 13. The molecule has 4 N–H and O–H groups in total. The van der Waals surface area contributed by atoms with Crippen LogP contribution in [-0.2, 0) is 16.0 Å². The molecule has 0 saturated carbocycles. The number of hydrogen-bond acceptors (Lipinski definition) is 5. The van der Waals surface area contributed by atoms with E-state index in [1.807, 2.05) is 49.3 Å². The molecule has 0 aliphatic carbocycles. The van der Waals surface area contributed by atoms with Crippen LogP contribution in [0.15, 0.2) is 60.7 Å². The van der Waals surface area contributed by atoms with Crippen LogP contribution in [-0.4, -0.2) is 49.0 Å². The number of aliphatic hydroxyl groups excluding tert-OH is 1. The summed E-state index contributed by atoms with van der Waals surface area (Å²) in [6.07, 6.45) is 7.30. The Morgan fingerprint density at radius 2 is 1.97 bits per heavy atom. The first-order valence-corrected chi connectivity index (χ1v) is 9.58. The van der Waals surface area contributed by atoms with Gasteiger partial charge in [-0.1, -0.05) is 24.8 Å². The number of carbonyl (C=O) groups is 2. The molecule has 1 aromatic rings. The SMILES string of the molecule is C=C/C=C(/NCCCC(=O)Nc1ccc(CC(NC=O)/C(O)=C/C)cc1)N(C)C. The van der Waals surface area contributed by atoms with Gasteiger partial charge in [0, 0.05) is 32.7 Å². The number of anilines is 1. The van der Waals surface area contributed by atoms with Crippen molar-refractivity contribution in [2.24, 2.45) is 0 Å². The van der Waals surface area contributed by atoms with Gasteiger partial charge in [-0.2, -0.15) is 0 Å². The molecule has 0 aliphatic rings. The van der Waals surface area contributed by atoms with Crippen molar-refractivity contribution in [2.75, 3.05) is 26.0 Å². The Morgan fingerprint density at radius 3 is 2.52 bits per heavy atom. The summed E-state index contributed by atoms with van der Waals surface area (Å²) in [6, 6.07) is 6.89. The van der Waals surface area contributed by atoms with Gasteiger partial charge in [-0.15, -0.1) is 0 Å². The van der Waals surface area contributed by atoms with Gasteiger partial charge in [0.1, 0.15) is 11.6 Å². The van der Waals surface area contributed by atoms with E-state index < -0.39 is 6.04 Å². The zero-order chi connectivity index (χ0) is 21.6. The van der Waals surface area contributed by atoms with E-state index in [0.29, 0.717) is 37.9 Å². The number of benzene rings is 1. The molecule has 7 nitrogen and oxygen atoms in total. The lowest BCUT2D eigenvalue weighted by atomic mass is 10.0. The minimum atomic E-state index is -0.465. The van der Waals surface area contributed by atoms with E-state index in [0.717, 1.165) is 11.4 Å². The summed E-state index contributed by atoms with van der Waals surface area (Å²) in [4.78, 5) is 24.8. The first-order valence-electron chi connectivity index (χ1n) is 9.58. The molecule has 0 fully saturated rings. The molecule has 0 saturated heterocycles. The highest BCUT2D eigenvalue weighted by atomic mass is 16.3. The maximum Gasteiger partial charge on any atom is 0.224 e. The first-order chi connectivity index (χ1) is 13.9. The second-order valence-electron chi connectivity index (χ2n) is 6.71. The van der Waals surface area contributed by atoms with Crippen LogP contribution in [0.2, 0.25) is 0 Å². The second kappa shape index (κ2) is 13.0. The minimum absolute atomic E-state index is 0.0503. The molecule has 0 aliphatic heterocycles. The molecule has 2 amide bonds. The highest BCUT2D eigenvalue weighted by Gasteiger charge is 2.12. The largest absolute Gasteiger partial charge is 0.510 e. The molecule has 0 heterocycles. The van der Waals surface area contributed by atoms with Crippen LogP contribution in [0, 0.1) is 0 Å². The van der Waals surface area contributed by atoms with Crippen LogP contribution < -0.4 is 16.0 Å². The minimum Gasteiger partial charge on any atom is -0.510 e. The maximum atomic E-state index is 12.1. The van der Waals surface area contributed by atoms with Crippen LogP contribution in [0.4, 0.5) is 5.69 Å². The Labute approximate surface area is 173 Å². The average molecular weight is 401 g/mol. The van der Waals surface area contributed by atoms with Gasteiger partial charge < -0.3 is 26.0 Å². The number of allylic oxidation sites excluding steroid dienone is 3. The Hall–Kier alpha value is -3.22. The molecule has 1 unspecified atom stereocenters. The normalized spacial score (nSPS) is 12.7. The fraction of sp³-hybridized carbons (Fsp3) is 0.364. The van der Waals surface area contributed by atoms with Gasteiger partial charge in [0.25, 0.3) is 0 Å². The molecule has 158 valence electrons. The zero-order valence-corrected chi connectivity index (χ0v) is 17.4. The lowest BCUT2D eigenvalue weighted by molar-refractivity contribution is -0.116. The Balaban J connectivity index is 2.48. The average Bonchev–Trinajstić information content (AvgIpc) is 2.70. The molecular weight excluding hydrogens is 368 g/mol. The number of nitrogens with one attached hydrogen (secondary N) is 3. The van der Waals surface area contributed by atoms with Crippen molar-refractivity contribution in [3.63, 3.8) is 0 Å². The van der Waals surface area contributed by atoms with Crippen molar-refractivity contribution in [2.45, 2.75) is 32.2 Å². The third kappa shape index (κ3) is 9.01. The molecule has 0 bridgehead atoms. The lowest BCUT2D eigenvalue weighted by Crippen LogP contribution is -2.31. The van der Waals surface area contributed by atoms with E-state index in [4.69, 9.17) is 0 Å². The third-order valence-electron chi connectivity index (χ3n) is 4.24. The first kappa shape index (κ1) is 23.8. The molecule has 1 rings (SSSR count). The van der Waals surface area contributed by atoms with Gasteiger partial charge in [0.15, 0.2) is 0 Å². The van der Waals surface area contributed by atoms with E-state index in [9.17, 15) is 14.7 Å². The van der Waals surface area contributed by atoms with Gasteiger partial charge >= 0.3 is 0 Å². The van der Waals surface area contributed by atoms with Crippen molar-refractivity contribution < 1.29 is 14.7 Å². The van der Waals surface area contributed by atoms with E-state index in [1.165, 1.54) is 0 Å². The molecule has 1 atom stereocenters. The molecular formula is C22H32N4O3. The van der Waals surface area contributed by atoms with Gasteiger partial charge in [0.2, 0.25) is 12.3 Å².